The van der Waals surface area contributed by atoms with Gasteiger partial charge in [-0.3, -0.25) is 4.55 Å². The summed E-state index contributed by atoms with van der Waals surface area (Å²) < 4.78 is 29.2. The molecule has 0 heterocycles. The van der Waals surface area contributed by atoms with Crippen molar-refractivity contribution in [2.45, 2.75) is 137 Å². The Morgan fingerprint density at radius 3 is 1.06 bits per heavy atom. The molecule has 0 aliphatic carbocycles. The second-order valence-corrected chi connectivity index (χ2v) is 16.2. The summed E-state index contributed by atoms with van der Waals surface area (Å²) in [5.41, 5.74) is 0. The van der Waals surface area contributed by atoms with Gasteiger partial charge in [-0.15, -0.1) is 0 Å². The van der Waals surface area contributed by atoms with Crippen molar-refractivity contribution in [1.82, 2.24) is 0 Å². The fourth-order valence-corrected chi connectivity index (χ4v) is 10.9. The Balaban J connectivity index is 0. The van der Waals surface area contributed by atoms with E-state index >= 15 is 0 Å². The number of unbranched alkanes of at least 4 members (excludes halogenated alkanes) is 11. The van der Waals surface area contributed by atoms with Crippen LogP contribution in [0.5, 0.6) is 0 Å². The van der Waals surface area contributed by atoms with Gasteiger partial charge in [0.05, 0.1) is 5.75 Å². The Morgan fingerprint density at radius 2 is 0.774 bits per heavy atom. The van der Waals surface area contributed by atoms with Crippen LogP contribution in [0.4, 0.5) is 0 Å². The van der Waals surface area contributed by atoms with Crippen molar-refractivity contribution in [3.8, 4) is 0 Å². The number of rotatable bonds is 21. The molecule has 0 saturated carbocycles. The van der Waals surface area contributed by atoms with Crippen molar-refractivity contribution in [2.24, 2.45) is 0 Å². The molecule has 0 aromatic rings. The van der Waals surface area contributed by atoms with Gasteiger partial charge in [0.15, 0.2) is 0 Å². The molecule has 1 N–H and O–H groups in total. The molecule has 0 atom stereocenters. The zero-order valence-corrected chi connectivity index (χ0v) is 23.8. The average Bonchev–Trinajstić information content (AvgIpc) is 2.74. The molecule has 31 heavy (non-hydrogen) atoms. The van der Waals surface area contributed by atoms with Gasteiger partial charge in [0.1, 0.15) is 0 Å². The van der Waals surface area contributed by atoms with Crippen LogP contribution in [-0.2, 0) is 10.1 Å². The van der Waals surface area contributed by atoms with Gasteiger partial charge < -0.3 is 0 Å². The summed E-state index contributed by atoms with van der Waals surface area (Å²) in [5.74, 6) is -0.0814. The van der Waals surface area contributed by atoms with E-state index in [1.807, 2.05) is 0 Å². The quantitative estimate of drug-likeness (QED) is 0.101. The summed E-state index contributed by atoms with van der Waals surface area (Å²) in [6.07, 6.45) is 27.0. The zero-order valence-electron chi connectivity index (χ0n) is 22.0. The number of hydrogen-bond donors (Lipinski definition) is 1. The first kappa shape index (κ1) is 33.5. The summed E-state index contributed by atoms with van der Waals surface area (Å²) in [4.78, 5) is 0. The monoisotopic (exact) mass is 482 g/mol. The Kier molecular flexibility index (Phi) is 25.4. The molecular weight excluding hydrogens is 423 g/mol. The third-order valence-corrected chi connectivity index (χ3v) is 13.0. The molecule has 0 unspecified atom stereocenters. The second-order valence-electron chi connectivity index (χ2n) is 9.68. The summed E-state index contributed by atoms with van der Waals surface area (Å²) in [6, 6.07) is 0. The van der Waals surface area contributed by atoms with Gasteiger partial charge in [-0.2, -0.15) is 8.42 Å². The van der Waals surface area contributed by atoms with E-state index in [2.05, 4.69) is 34.6 Å². The van der Waals surface area contributed by atoms with E-state index in [1.165, 1.54) is 83.5 Å². The molecule has 192 valence electrons. The van der Waals surface area contributed by atoms with Crippen LogP contribution in [0.15, 0.2) is 0 Å². The van der Waals surface area contributed by atoms with Crippen molar-refractivity contribution in [2.75, 3.05) is 30.4 Å². The van der Waals surface area contributed by atoms with Gasteiger partial charge in [0, 0.05) is 0 Å². The topological polar surface area (TPSA) is 54.4 Å². The van der Waals surface area contributed by atoms with Crippen LogP contribution in [0, 0.1) is 0 Å². The molecule has 0 aliphatic heterocycles. The van der Waals surface area contributed by atoms with Gasteiger partial charge >= 0.3 is 111 Å². The van der Waals surface area contributed by atoms with Gasteiger partial charge in [0.2, 0.25) is 0 Å². The molecule has 0 aromatic heterocycles. The summed E-state index contributed by atoms with van der Waals surface area (Å²) in [6.45, 7) is 11.6. The fourth-order valence-electron chi connectivity index (χ4n) is 4.38. The predicted octanol–water partition coefficient (Wildman–Crippen LogP) is 8.95. The Labute approximate surface area is 198 Å². The van der Waals surface area contributed by atoms with Gasteiger partial charge in [-0.05, 0) is 6.42 Å². The first-order valence-electron chi connectivity index (χ1n) is 13.8. The van der Waals surface area contributed by atoms with Crippen molar-refractivity contribution in [1.29, 1.82) is 0 Å². The summed E-state index contributed by atoms with van der Waals surface area (Å²) in [7, 11) is -4.60. The Bertz CT molecular complexity index is 414. The first-order valence-corrected chi connectivity index (χ1v) is 18.2. The molecule has 0 aromatic carbocycles. The van der Waals surface area contributed by atoms with Crippen molar-refractivity contribution < 1.29 is 13.0 Å². The van der Waals surface area contributed by atoms with E-state index < -0.39 is 17.4 Å². The van der Waals surface area contributed by atoms with Gasteiger partial charge in [-0.25, -0.2) is 0 Å². The van der Waals surface area contributed by atoms with Crippen LogP contribution < -0.4 is 0 Å². The summed E-state index contributed by atoms with van der Waals surface area (Å²) >= 11 is 0. The molecule has 0 radical (unpaired) electrons. The SMILES string of the molecule is CCCCCCCCCCS(=O)(=O)O.CCCC[PH](CCCC)(CCCC)CCCC. The molecule has 5 heteroatoms. The number of hydrogen-bond acceptors (Lipinski definition) is 2. The molecule has 0 bridgehead atoms. The van der Waals surface area contributed by atoms with Crippen molar-refractivity contribution in [3.05, 3.63) is 0 Å². The fraction of sp³-hybridized carbons (Fsp3) is 1.00. The average molecular weight is 483 g/mol. The third-order valence-electron chi connectivity index (χ3n) is 6.50. The minimum absolute atomic E-state index is 0.0814. The standard InChI is InChI=1S/C16H37P.C10H22O3S/c1-5-9-13-17(14-10-6-2,15-11-7-3)16-12-8-4;1-2-3-4-5-6-7-8-9-10-14(11,12)13/h17H,5-16H2,1-4H3;2-10H2,1H3,(H,11,12,13). The predicted molar refractivity (Wildman–Crippen MR) is 146 cm³/mol. The van der Waals surface area contributed by atoms with E-state index in [-0.39, 0.29) is 5.75 Å². The molecule has 0 saturated heterocycles. The maximum atomic E-state index is 10.4. The van der Waals surface area contributed by atoms with Crippen LogP contribution in [-0.4, -0.2) is 43.4 Å². The molecule has 0 aliphatic rings. The second kappa shape index (κ2) is 23.5. The molecular formula is C26H59O3PS. The van der Waals surface area contributed by atoms with Crippen LogP contribution in [0.1, 0.15) is 137 Å². The molecule has 0 amide bonds. The Hall–Kier alpha value is 0.340. The molecule has 0 rings (SSSR count). The molecule has 0 spiro atoms. The maximum absolute atomic E-state index is 10.4. The van der Waals surface area contributed by atoms with Crippen LogP contribution >= 0.6 is 7.26 Å². The molecule has 3 nitrogen and oxygen atoms in total. The first-order chi connectivity index (χ1) is 14.8. The van der Waals surface area contributed by atoms with E-state index in [4.69, 9.17) is 4.55 Å². The van der Waals surface area contributed by atoms with Crippen molar-refractivity contribution >= 4 is 17.4 Å². The van der Waals surface area contributed by atoms with Crippen LogP contribution in [0.3, 0.4) is 0 Å². The van der Waals surface area contributed by atoms with Crippen molar-refractivity contribution in [3.63, 3.8) is 0 Å². The Morgan fingerprint density at radius 1 is 0.484 bits per heavy atom. The third kappa shape index (κ3) is 24.8. The minimum atomic E-state index is -3.73. The normalized spacial score (nSPS) is 12.5. The van der Waals surface area contributed by atoms with E-state index in [1.54, 1.807) is 24.6 Å². The molecule has 0 fully saturated rings. The zero-order chi connectivity index (χ0) is 23.8. The van der Waals surface area contributed by atoms with Gasteiger partial charge in [0.25, 0.3) is 10.1 Å². The van der Waals surface area contributed by atoms with E-state index in [0.29, 0.717) is 6.42 Å². The van der Waals surface area contributed by atoms with E-state index in [0.717, 1.165) is 12.8 Å². The summed E-state index contributed by atoms with van der Waals surface area (Å²) in [5, 5.41) is 0. The van der Waals surface area contributed by atoms with Crippen LogP contribution in [0.2, 0.25) is 0 Å². The van der Waals surface area contributed by atoms with Crippen LogP contribution in [0.25, 0.3) is 0 Å². The van der Waals surface area contributed by atoms with E-state index in [9.17, 15) is 8.42 Å². The van der Waals surface area contributed by atoms with Gasteiger partial charge in [-0.1, -0.05) is 51.9 Å².